The molecule has 7 nitrogen and oxygen atoms in total. The Morgan fingerprint density at radius 3 is 1.86 bits per heavy atom. The molecule has 0 aromatic heterocycles. The lowest BCUT2D eigenvalue weighted by atomic mass is 9.94. The van der Waals surface area contributed by atoms with Crippen molar-refractivity contribution in [2.24, 2.45) is 5.84 Å². The Balaban J connectivity index is 1.83. The largest absolute Gasteiger partial charge is 0.490 e. The molecule has 3 N–H and O–H groups in total. The highest BCUT2D eigenvalue weighted by Gasteiger charge is 2.27. The van der Waals surface area contributed by atoms with Gasteiger partial charge in [0, 0.05) is 11.1 Å². The SMILES string of the molecule is COC(=O)c1ccc(OC2CC2)cc1-c1cc(OC2CC2)ccc1C(=O)NN. The number of benzene rings is 2. The second-order valence-corrected chi connectivity index (χ2v) is 7.01. The van der Waals surface area contributed by atoms with Crippen molar-refractivity contribution in [2.45, 2.75) is 37.9 Å². The van der Waals surface area contributed by atoms with E-state index in [0.29, 0.717) is 33.8 Å². The van der Waals surface area contributed by atoms with Gasteiger partial charge in [0.25, 0.3) is 5.91 Å². The third-order valence-corrected chi connectivity index (χ3v) is 4.71. The van der Waals surface area contributed by atoms with E-state index in [1.807, 2.05) is 0 Å². The van der Waals surface area contributed by atoms with Crippen LogP contribution in [0.25, 0.3) is 11.1 Å². The number of amides is 1. The molecule has 2 fully saturated rings. The molecule has 2 aromatic carbocycles. The molecule has 0 atom stereocenters. The molecular formula is C21H22N2O5. The van der Waals surface area contributed by atoms with E-state index >= 15 is 0 Å². The lowest BCUT2D eigenvalue weighted by Crippen LogP contribution is -2.30. The van der Waals surface area contributed by atoms with Crippen molar-refractivity contribution < 1.29 is 23.8 Å². The Bertz CT molecular complexity index is 844. The summed E-state index contributed by atoms with van der Waals surface area (Å²) in [7, 11) is 1.32. The first-order valence-electron chi connectivity index (χ1n) is 9.30. The summed E-state index contributed by atoms with van der Waals surface area (Å²) in [5.74, 6) is 5.67. The molecular weight excluding hydrogens is 360 g/mol. The van der Waals surface area contributed by atoms with Crippen LogP contribution in [0.5, 0.6) is 11.5 Å². The van der Waals surface area contributed by atoms with Gasteiger partial charge in [0.05, 0.1) is 24.9 Å². The molecule has 2 aromatic rings. The third-order valence-electron chi connectivity index (χ3n) is 4.71. The molecule has 0 radical (unpaired) electrons. The molecule has 0 heterocycles. The molecule has 7 heteroatoms. The summed E-state index contributed by atoms with van der Waals surface area (Å²) in [6.45, 7) is 0. The van der Waals surface area contributed by atoms with Gasteiger partial charge in [0.2, 0.25) is 0 Å². The van der Waals surface area contributed by atoms with Gasteiger partial charge in [-0.15, -0.1) is 0 Å². The van der Waals surface area contributed by atoms with Crippen molar-refractivity contribution >= 4 is 11.9 Å². The molecule has 146 valence electrons. The highest BCUT2D eigenvalue weighted by molar-refractivity contribution is 6.05. The average molecular weight is 382 g/mol. The number of nitrogen functional groups attached to an aromatic ring is 1. The Labute approximate surface area is 162 Å². The summed E-state index contributed by atoms with van der Waals surface area (Å²) in [6, 6.07) is 10.3. The second kappa shape index (κ2) is 7.52. The number of carbonyl (C=O) groups excluding carboxylic acids is 2. The maximum Gasteiger partial charge on any atom is 0.338 e. The zero-order chi connectivity index (χ0) is 19.7. The topological polar surface area (TPSA) is 99.9 Å². The fourth-order valence-corrected chi connectivity index (χ4v) is 2.96. The zero-order valence-corrected chi connectivity index (χ0v) is 15.6. The van der Waals surface area contributed by atoms with Crippen LogP contribution < -0.4 is 20.7 Å². The van der Waals surface area contributed by atoms with Gasteiger partial charge in [-0.25, -0.2) is 10.6 Å². The van der Waals surface area contributed by atoms with Gasteiger partial charge in [-0.3, -0.25) is 10.2 Å². The van der Waals surface area contributed by atoms with E-state index in [2.05, 4.69) is 5.43 Å². The Kier molecular flexibility index (Phi) is 4.92. The van der Waals surface area contributed by atoms with Crippen LogP contribution in [0.15, 0.2) is 36.4 Å². The summed E-state index contributed by atoms with van der Waals surface area (Å²) < 4.78 is 16.7. The van der Waals surface area contributed by atoms with Crippen LogP contribution in [0.4, 0.5) is 0 Å². The maximum absolute atomic E-state index is 12.4. The van der Waals surface area contributed by atoms with Crippen molar-refractivity contribution in [3.05, 3.63) is 47.5 Å². The molecule has 1 amide bonds. The maximum atomic E-state index is 12.4. The summed E-state index contributed by atoms with van der Waals surface area (Å²) in [5.41, 5.74) is 3.89. The van der Waals surface area contributed by atoms with Gasteiger partial charge in [-0.2, -0.15) is 0 Å². The molecule has 0 aliphatic heterocycles. The van der Waals surface area contributed by atoms with Gasteiger partial charge in [-0.1, -0.05) is 0 Å². The molecule has 2 aliphatic carbocycles. The molecule has 0 spiro atoms. The van der Waals surface area contributed by atoms with Gasteiger partial charge in [0.1, 0.15) is 11.5 Å². The predicted octanol–water partition coefficient (Wildman–Crippen LogP) is 2.83. The zero-order valence-electron chi connectivity index (χ0n) is 15.6. The predicted molar refractivity (Wildman–Crippen MR) is 102 cm³/mol. The van der Waals surface area contributed by atoms with Gasteiger partial charge >= 0.3 is 5.97 Å². The number of nitrogens with two attached hydrogens (primary N) is 1. The fourth-order valence-electron chi connectivity index (χ4n) is 2.96. The standard InChI is InChI=1S/C21H22N2O5/c1-26-21(25)17-9-7-15(28-13-4-5-13)11-19(17)18-10-14(27-12-2-3-12)6-8-16(18)20(24)23-22/h6-13H,2-5,22H2,1H3,(H,23,24). The van der Waals surface area contributed by atoms with Crippen LogP contribution in [0.1, 0.15) is 46.4 Å². The first-order valence-corrected chi connectivity index (χ1v) is 9.30. The van der Waals surface area contributed by atoms with Crippen LogP contribution in [0.2, 0.25) is 0 Å². The lowest BCUT2D eigenvalue weighted by Gasteiger charge is -2.16. The van der Waals surface area contributed by atoms with E-state index in [4.69, 9.17) is 20.1 Å². The van der Waals surface area contributed by atoms with Crippen molar-refractivity contribution in [2.75, 3.05) is 7.11 Å². The van der Waals surface area contributed by atoms with E-state index in [1.54, 1.807) is 36.4 Å². The lowest BCUT2D eigenvalue weighted by molar-refractivity contribution is 0.0601. The van der Waals surface area contributed by atoms with Gasteiger partial charge in [0.15, 0.2) is 0 Å². The number of esters is 1. The van der Waals surface area contributed by atoms with E-state index in [0.717, 1.165) is 25.7 Å². The highest BCUT2D eigenvalue weighted by Crippen LogP contribution is 2.37. The van der Waals surface area contributed by atoms with E-state index in [-0.39, 0.29) is 12.2 Å². The van der Waals surface area contributed by atoms with Crippen molar-refractivity contribution in [3.8, 4) is 22.6 Å². The molecule has 0 unspecified atom stereocenters. The third kappa shape index (κ3) is 3.94. The van der Waals surface area contributed by atoms with Crippen LogP contribution >= 0.6 is 0 Å². The number of hydrazine groups is 1. The van der Waals surface area contributed by atoms with Crippen LogP contribution in [0, 0.1) is 0 Å². The Morgan fingerprint density at radius 2 is 1.39 bits per heavy atom. The van der Waals surface area contributed by atoms with Crippen molar-refractivity contribution in [1.29, 1.82) is 0 Å². The number of carbonyl (C=O) groups is 2. The quantitative estimate of drug-likeness (QED) is 0.331. The van der Waals surface area contributed by atoms with E-state index in [9.17, 15) is 9.59 Å². The molecule has 2 saturated carbocycles. The first kappa shape index (κ1) is 18.3. The molecule has 2 aliphatic rings. The Morgan fingerprint density at radius 1 is 0.893 bits per heavy atom. The molecule has 0 saturated heterocycles. The number of hydrogen-bond acceptors (Lipinski definition) is 6. The minimum atomic E-state index is -0.499. The summed E-state index contributed by atoms with van der Waals surface area (Å²) in [5, 5.41) is 0. The number of methoxy groups -OCH3 is 1. The normalized spacial score (nSPS) is 15.6. The minimum Gasteiger partial charge on any atom is -0.490 e. The minimum absolute atomic E-state index is 0.201. The number of rotatable bonds is 7. The van der Waals surface area contributed by atoms with Crippen molar-refractivity contribution in [3.63, 3.8) is 0 Å². The number of hydrogen-bond donors (Lipinski definition) is 2. The monoisotopic (exact) mass is 382 g/mol. The summed E-state index contributed by atoms with van der Waals surface area (Å²) in [4.78, 5) is 24.7. The van der Waals surface area contributed by atoms with Crippen LogP contribution in [-0.2, 0) is 4.74 Å². The van der Waals surface area contributed by atoms with Crippen molar-refractivity contribution in [1.82, 2.24) is 5.43 Å². The highest BCUT2D eigenvalue weighted by atomic mass is 16.5. The molecule has 28 heavy (non-hydrogen) atoms. The summed E-state index contributed by atoms with van der Waals surface area (Å²) >= 11 is 0. The smallest absolute Gasteiger partial charge is 0.338 e. The number of ether oxygens (including phenoxy) is 3. The molecule has 0 bridgehead atoms. The van der Waals surface area contributed by atoms with E-state index < -0.39 is 11.9 Å². The van der Waals surface area contributed by atoms with Gasteiger partial charge in [-0.05, 0) is 67.6 Å². The second-order valence-electron chi connectivity index (χ2n) is 7.01. The number of nitrogens with one attached hydrogen (secondary N) is 1. The average Bonchev–Trinajstić information content (AvgIpc) is 3.64. The fraction of sp³-hybridized carbons (Fsp3) is 0.333. The van der Waals surface area contributed by atoms with E-state index in [1.165, 1.54) is 7.11 Å². The van der Waals surface area contributed by atoms with Crippen LogP contribution in [0.3, 0.4) is 0 Å². The van der Waals surface area contributed by atoms with Crippen LogP contribution in [-0.4, -0.2) is 31.2 Å². The van der Waals surface area contributed by atoms with Gasteiger partial charge < -0.3 is 14.2 Å². The first-order chi connectivity index (χ1) is 13.6. The molecule has 4 rings (SSSR count). The summed E-state index contributed by atoms with van der Waals surface area (Å²) in [6.07, 6.45) is 4.45. The Hall–Kier alpha value is -3.06.